The lowest BCUT2D eigenvalue weighted by Gasteiger charge is -2.36. The van der Waals surface area contributed by atoms with Crippen molar-refractivity contribution >= 4 is 30.7 Å². The summed E-state index contributed by atoms with van der Waals surface area (Å²) in [5, 5.41) is 7.30. The summed E-state index contributed by atoms with van der Waals surface area (Å²) in [6.45, 7) is 4.48. The Hall–Kier alpha value is -1.60. The Balaban J connectivity index is 0.00000182. The highest BCUT2D eigenvalue weighted by Gasteiger charge is 2.28. The standard InChI is InChI=1S/C19H27N5O.2ClH/c1-20-18(17-14-21-22(2)15-17)19(25)24-12-10-23(11-13-24)9-8-16-6-4-3-5-7-16;;/h3-7,14-15,18,20H,8-13H2,1-2H3;2*1H. The van der Waals surface area contributed by atoms with Crippen LogP contribution in [0.5, 0.6) is 0 Å². The summed E-state index contributed by atoms with van der Waals surface area (Å²) in [5.74, 6) is 0.137. The number of hydrogen-bond donors (Lipinski definition) is 1. The summed E-state index contributed by atoms with van der Waals surface area (Å²) in [4.78, 5) is 17.2. The first kappa shape index (κ1) is 23.4. The maximum Gasteiger partial charge on any atom is 0.244 e. The molecule has 1 saturated heterocycles. The molecule has 6 nitrogen and oxygen atoms in total. The van der Waals surface area contributed by atoms with Crippen LogP contribution >= 0.6 is 24.8 Å². The third-order valence-electron chi connectivity index (χ3n) is 4.84. The number of nitrogens with one attached hydrogen (secondary N) is 1. The zero-order valence-electron chi connectivity index (χ0n) is 15.9. The summed E-state index contributed by atoms with van der Waals surface area (Å²) in [5.41, 5.74) is 2.29. The number of piperazine rings is 1. The number of amides is 1. The average Bonchev–Trinajstić information content (AvgIpc) is 3.08. The number of aryl methyl sites for hydroxylation is 1. The lowest BCUT2D eigenvalue weighted by Crippen LogP contribution is -2.51. The van der Waals surface area contributed by atoms with E-state index in [4.69, 9.17) is 0 Å². The predicted octanol–water partition coefficient (Wildman–Crippen LogP) is 1.91. The van der Waals surface area contributed by atoms with Crippen molar-refractivity contribution in [3.8, 4) is 0 Å². The van der Waals surface area contributed by atoms with E-state index in [1.807, 2.05) is 31.3 Å². The van der Waals surface area contributed by atoms with Crippen LogP contribution in [0.2, 0.25) is 0 Å². The molecule has 0 aliphatic carbocycles. The van der Waals surface area contributed by atoms with Gasteiger partial charge in [-0.25, -0.2) is 0 Å². The zero-order valence-corrected chi connectivity index (χ0v) is 17.5. The Kier molecular flexibility index (Phi) is 9.80. The molecular formula is C19H29Cl2N5O. The van der Waals surface area contributed by atoms with E-state index in [1.165, 1.54) is 5.56 Å². The molecule has 1 aliphatic heterocycles. The van der Waals surface area contributed by atoms with Crippen LogP contribution in [-0.4, -0.2) is 65.3 Å². The summed E-state index contributed by atoms with van der Waals surface area (Å²) < 4.78 is 1.73. The van der Waals surface area contributed by atoms with Crippen molar-refractivity contribution in [2.24, 2.45) is 7.05 Å². The zero-order chi connectivity index (χ0) is 17.6. The molecule has 1 aromatic carbocycles. The third kappa shape index (κ3) is 6.21. The van der Waals surface area contributed by atoms with Crippen molar-refractivity contribution in [1.82, 2.24) is 24.9 Å². The Labute approximate surface area is 173 Å². The number of halogens is 2. The molecule has 1 aliphatic rings. The molecule has 1 amide bonds. The fraction of sp³-hybridized carbons (Fsp3) is 0.474. The van der Waals surface area contributed by atoms with Crippen LogP contribution in [0.1, 0.15) is 17.2 Å². The van der Waals surface area contributed by atoms with Crippen LogP contribution in [0.3, 0.4) is 0 Å². The lowest BCUT2D eigenvalue weighted by atomic mass is 10.1. The monoisotopic (exact) mass is 413 g/mol. The van der Waals surface area contributed by atoms with Crippen LogP contribution in [0.25, 0.3) is 0 Å². The fourth-order valence-corrected chi connectivity index (χ4v) is 3.33. The summed E-state index contributed by atoms with van der Waals surface area (Å²) in [6.07, 6.45) is 4.72. The summed E-state index contributed by atoms with van der Waals surface area (Å²) in [7, 11) is 3.69. The molecule has 8 heteroatoms. The number of rotatable bonds is 6. The molecule has 150 valence electrons. The lowest BCUT2D eigenvalue weighted by molar-refractivity contribution is -0.135. The molecule has 0 spiro atoms. The summed E-state index contributed by atoms with van der Waals surface area (Å²) in [6, 6.07) is 10.2. The highest BCUT2D eigenvalue weighted by atomic mass is 35.5. The van der Waals surface area contributed by atoms with Crippen LogP contribution in [-0.2, 0) is 18.3 Å². The van der Waals surface area contributed by atoms with E-state index >= 15 is 0 Å². The smallest absolute Gasteiger partial charge is 0.244 e. The van der Waals surface area contributed by atoms with E-state index in [2.05, 4.69) is 39.6 Å². The van der Waals surface area contributed by atoms with Gasteiger partial charge in [0.2, 0.25) is 5.91 Å². The second kappa shape index (κ2) is 11.3. The second-order valence-corrected chi connectivity index (χ2v) is 6.57. The first-order valence-electron chi connectivity index (χ1n) is 8.88. The minimum atomic E-state index is -0.315. The SMILES string of the molecule is CNC(C(=O)N1CCN(CCc2ccccc2)CC1)c1cnn(C)c1.Cl.Cl. The molecule has 2 aromatic rings. The van der Waals surface area contributed by atoms with Gasteiger partial charge in [0, 0.05) is 51.5 Å². The van der Waals surface area contributed by atoms with Crippen LogP contribution in [0, 0.1) is 0 Å². The summed E-state index contributed by atoms with van der Waals surface area (Å²) >= 11 is 0. The topological polar surface area (TPSA) is 53.4 Å². The molecule has 27 heavy (non-hydrogen) atoms. The molecule has 2 heterocycles. The fourth-order valence-electron chi connectivity index (χ4n) is 3.33. The molecule has 0 bridgehead atoms. The minimum Gasteiger partial charge on any atom is -0.338 e. The number of carbonyl (C=O) groups is 1. The highest BCUT2D eigenvalue weighted by Crippen LogP contribution is 2.16. The van der Waals surface area contributed by atoms with Gasteiger partial charge in [-0.1, -0.05) is 30.3 Å². The van der Waals surface area contributed by atoms with Gasteiger partial charge in [-0.15, -0.1) is 24.8 Å². The number of nitrogens with zero attached hydrogens (tertiary/aromatic N) is 4. The van der Waals surface area contributed by atoms with Gasteiger partial charge in [-0.05, 0) is 19.0 Å². The first-order valence-corrected chi connectivity index (χ1v) is 8.88. The van der Waals surface area contributed by atoms with Crippen LogP contribution < -0.4 is 5.32 Å². The van der Waals surface area contributed by atoms with Gasteiger partial charge in [0.05, 0.1) is 6.20 Å². The van der Waals surface area contributed by atoms with Gasteiger partial charge in [0.25, 0.3) is 0 Å². The van der Waals surface area contributed by atoms with E-state index in [1.54, 1.807) is 10.9 Å². The van der Waals surface area contributed by atoms with Crippen molar-refractivity contribution in [2.75, 3.05) is 39.8 Å². The van der Waals surface area contributed by atoms with Gasteiger partial charge in [0.15, 0.2) is 0 Å². The Bertz CT molecular complexity index is 686. The maximum atomic E-state index is 12.8. The molecule has 1 unspecified atom stereocenters. The van der Waals surface area contributed by atoms with Crippen molar-refractivity contribution < 1.29 is 4.79 Å². The Morgan fingerprint density at radius 3 is 2.37 bits per heavy atom. The average molecular weight is 414 g/mol. The van der Waals surface area contributed by atoms with E-state index < -0.39 is 0 Å². The van der Waals surface area contributed by atoms with E-state index in [0.29, 0.717) is 0 Å². The molecular weight excluding hydrogens is 385 g/mol. The van der Waals surface area contributed by atoms with Gasteiger partial charge >= 0.3 is 0 Å². The Morgan fingerprint density at radius 2 is 1.81 bits per heavy atom. The van der Waals surface area contributed by atoms with Gasteiger partial charge < -0.3 is 10.2 Å². The normalized spacial score (nSPS) is 15.6. The molecule has 0 radical (unpaired) electrons. The third-order valence-corrected chi connectivity index (χ3v) is 4.84. The quantitative estimate of drug-likeness (QED) is 0.785. The predicted molar refractivity (Wildman–Crippen MR) is 113 cm³/mol. The number of aromatic nitrogens is 2. The van der Waals surface area contributed by atoms with Gasteiger partial charge in [-0.2, -0.15) is 5.10 Å². The van der Waals surface area contributed by atoms with Crippen molar-refractivity contribution in [2.45, 2.75) is 12.5 Å². The van der Waals surface area contributed by atoms with Crippen LogP contribution in [0.4, 0.5) is 0 Å². The number of benzene rings is 1. The van der Waals surface area contributed by atoms with Crippen LogP contribution in [0.15, 0.2) is 42.7 Å². The molecule has 1 N–H and O–H groups in total. The second-order valence-electron chi connectivity index (χ2n) is 6.57. The first-order chi connectivity index (χ1) is 12.2. The van der Waals surface area contributed by atoms with E-state index in [0.717, 1.165) is 44.7 Å². The van der Waals surface area contributed by atoms with Gasteiger partial charge in [-0.3, -0.25) is 14.4 Å². The maximum absolute atomic E-state index is 12.8. The molecule has 1 atom stereocenters. The largest absolute Gasteiger partial charge is 0.338 e. The van der Waals surface area contributed by atoms with E-state index in [-0.39, 0.29) is 36.8 Å². The number of carbonyl (C=O) groups excluding carboxylic acids is 1. The van der Waals surface area contributed by atoms with E-state index in [9.17, 15) is 4.79 Å². The van der Waals surface area contributed by atoms with Gasteiger partial charge in [0.1, 0.15) is 6.04 Å². The molecule has 3 rings (SSSR count). The number of likely N-dealkylation sites (N-methyl/N-ethyl adjacent to an activating group) is 1. The van der Waals surface area contributed by atoms with Crippen molar-refractivity contribution in [3.63, 3.8) is 0 Å². The molecule has 0 saturated carbocycles. The minimum absolute atomic E-state index is 0. The number of hydrogen-bond acceptors (Lipinski definition) is 4. The van der Waals surface area contributed by atoms with Crippen molar-refractivity contribution in [3.05, 3.63) is 53.9 Å². The van der Waals surface area contributed by atoms with Crippen molar-refractivity contribution in [1.29, 1.82) is 0 Å². The Morgan fingerprint density at radius 1 is 1.15 bits per heavy atom. The highest BCUT2D eigenvalue weighted by molar-refractivity contribution is 5.85. The molecule has 1 fully saturated rings. The molecule has 1 aromatic heterocycles.